The summed E-state index contributed by atoms with van der Waals surface area (Å²) >= 11 is 5.31. The van der Waals surface area contributed by atoms with Gasteiger partial charge in [0.15, 0.2) is 23.1 Å². The Morgan fingerprint density at radius 3 is 1.17 bits per heavy atom. The zero-order valence-corrected chi connectivity index (χ0v) is 77.7. The van der Waals surface area contributed by atoms with E-state index in [9.17, 15) is 63.3 Å². The molecule has 26 nitrogen and oxygen atoms in total. The molecule has 8 atom stereocenters. The van der Waals surface area contributed by atoms with Crippen molar-refractivity contribution in [3.8, 4) is 0 Å². The number of benzene rings is 2. The van der Waals surface area contributed by atoms with Crippen molar-refractivity contribution in [2.24, 2.45) is 30.3 Å². The van der Waals surface area contributed by atoms with Gasteiger partial charge in [-0.15, -0.1) is 47.0 Å². The van der Waals surface area contributed by atoms with Gasteiger partial charge in [0.25, 0.3) is 0 Å². The summed E-state index contributed by atoms with van der Waals surface area (Å²) in [6, 6.07) is 18.8. The largest absolute Gasteiger partial charge is 0.626 e. The number of carbonyl (C=O) groups is 8. The fraction of sp³-hybridized carbons (Fsp3) is 0.463. The minimum Gasteiger partial charge on any atom is -0.626 e. The molecule has 33 heteroatoms. The van der Waals surface area contributed by atoms with E-state index in [0.29, 0.717) is 97.2 Å². The second-order valence-electron chi connectivity index (χ2n) is 29.3. The van der Waals surface area contributed by atoms with Crippen LogP contribution < -0.4 is 31.6 Å². The van der Waals surface area contributed by atoms with Crippen LogP contribution in [0.4, 0.5) is 0 Å². The Labute approximate surface area is 742 Å². The fourth-order valence-electron chi connectivity index (χ4n) is 12.1. The van der Waals surface area contributed by atoms with Crippen molar-refractivity contribution in [3.05, 3.63) is 156 Å². The molecule has 2 radical (unpaired) electrons. The number of amides is 4. The van der Waals surface area contributed by atoms with Gasteiger partial charge in [-0.25, -0.2) is 12.2 Å². The van der Waals surface area contributed by atoms with Gasteiger partial charge in [-0.1, -0.05) is 157 Å². The quantitative estimate of drug-likeness (QED) is 0.00480. The predicted octanol–water partition coefficient (Wildman–Crippen LogP) is 11.1. The smallest absolute Gasteiger partial charge is 0.300 e. The number of allylic oxidation sites excluding steroid dienone is 8. The van der Waals surface area contributed by atoms with Crippen molar-refractivity contribution in [2.75, 3.05) is 23.0 Å². The van der Waals surface area contributed by atoms with E-state index in [0.717, 1.165) is 42.1 Å². The molecule has 9 N–H and O–H groups in total. The molecule has 4 amide bonds. The Morgan fingerprint density at radius 1 is 0.530 bits per heavy atom. The molecule has 6 aliphatic rings. The van der Waals surface area contributed by atoms with Crippen LogP contribution >= 0.6 is 47.0 Å². The van der Waals surface area contributed by atoms with Gasteiger partial charge < -0.3 is 61.0 Å². The number of nitrogens with one attached hydrogen (secondary N) is 4. The number of ketones is 4. The van der Waals surface area contributed by atoms with Crippen LogP contribution in [0.1, 0.15) is 168 Å². The first-order valence-corrected chi connectivity index (χ1v) is 42.9. The van der Waals surface area contributed by atoms with Gasteiger partial charge in [-0.05, 0) is 131 Å². The van der Waals surface area contributed by atoms with Crippen molar-refractivity contribution in [3.63, 3.8) is 0 Å². The Morgan fingerprint density at radius 2 is 0.861 bits per heavy atom. The number of nitrogens with zero attached hydrogens (tertiary/aromatic N) is 6. The molecule has 115 heavy (non-hydrogen) atoms. The summed E-state index contributed by atoms with van der Waals surface area (Å²) in [5.41, 5.74) is -1.79. The number of aliphatic imine (C=N–C) groups is 4. The van der Waals surface area contributed by atoms with E-state index in [2.05, 4.69) is 109 Å². The SMILES string of the molecule is CCC[C@@H](NC(=O)[C@]1(C)CSC(/C(C)=N/O)=N1)C1=CC(O)=CC(=O)C1.CCC[C@@H](NC(=O)[C@]1(C)CSC(/C(C)=N\O)=N1)C1=CC(O)=CC(=O)C1.CCC[C@H]([C-]=CC(=C[C-]=O)O[Si](c1ccccc1)(c1ccccc1)C(C)(C)C)NC(=O)[C@]1(C)CSC(C(C)=O)=N1.CCC[C@H]([C-]=CC(O)=C[C-]=O)NC(=O)[C@]1(C)CSC(C(C)=O)=N1.[Y].[Y]. The van der Waals surface area contributed by atoms with Crippen LogP contribution in [0.2, 0.25) is 5.04 Å². The predicted molar refractivity (Wildman–Crippen MR) is 453 cm³/mol. The molecular weight excluding hydrogens is 1720 g/mol. The minimum absolute atomic E-state index is 0. The third kappa shape index (κ3) is 29.7. The number of hydrogen-bond donors (Lipinski definition) is 9. The standard InChI is InChI=1S/C32H38N2O4SSi.2C17H23N3O4S.C16H20N2O4S.2Y/c1-7-14-25(33-30(37)32(6)23-39-29(34-32)24(2)36)19-20-26(21-22-35)38-40(31(3,4)5,27-15-10-8-11-16-27)28-17-12-9-13-18-28;2*1-4-5-14(11-6-12(21)8-13(22)7-11)18-16(23)17(3)9-25-15(19-17)10(2)20-24;1-4-5-12(6-7-13(21)8-9-19)17-15(22)16(3)10-23-14(18-16)11(2)20;;/h8-13,15-18,20-21,25H,7,14,23H2,1-6H3,(H,33,37);2*6,8,14,21,24H,4-5,7,9H2,1-3H3,(H,18,23);7-8,12,21H,4-5,10H2,1-3H3,(H,17,22);;/q-2;;;-2;;/b;20-10+;20-10-;;;/t25-,32+;2*14-,17+;12-,16+;;/m1111../s1. The summed E-state index contributed by atoms with van der Waals surface area (Å²) in [6.45, 7) is 27.4. The topological polar surface area (TPSA) is 403 Å². The van der Waals surface area contributed by atoms with Gasteiger partial charge in [-0.3, -0.25) is 58.3 Å². The zero-order chi connectivity index (χ0) is 84.1. The van der Waals surface area contributed by atoms with Crippen LogP contribution in [0.25, 0.3) is 0 Å². The second-order valence-corrected chi connectivity index (χ2v) is 37.3. The molecule has 2 aliphatic carbocycles. The van der Waals surface area contributed by atoms with Gasteiger partial charge in [0, 0.05) is 127 Å². The van der Waals surface area contributed by atoms with Crippen LogP contribution in [-0.2, 0) is 118 Å². The Bertz CT molecular complexity index is 4150. The second kappa shape index (κ2) is 48.1. The number of carbonyl (C=O) groups excluding carboxylic acids is 10. The fourth-order valence-corrected chi connectivity index (χ4v) is 20.9. The monoisotopic (exact) mass is 1820 g/mol. The van der Waals surface area contributed by atoms with E-state index in [1.165, 1.54) is 91.5 Å². The number of rotatable bonds is 32. The number of aliphatic hydroxyl groups excluding tert-OH is 3. The zero-order valence-electron chi connectivity index (χ0n) is 67.8. The average molecular weight is 1820 g/mol. The molecular formula is C82H104N10O16S4SiY2-4. The van der Waals surface area contributed by atoms with Gasteiger partial charge in [0.05, 0.1) is 12.1 Å². The van der Waals surface area contributed by atoms with Crippen LogP contribution in [0.5, 0.6) is 0 Å². The summed E-state index contributed by atoms with van der Waals surface area (Å²) in [7, 11) is -2.98. The van der Waals surface area contributed by atoms with E-state index in [1.54, 1.807) is 59.8 Å². The summed E-state index contributed by atoms with van der Waals surface area (Å²) in [5, 5.41) is 68.1. The van der Waals surface area contributed by atoms with Crippen LogP contribution in [0.15, 0.2) is 174 Å². The maximum absolute atomic E-state index is 13.2. The van der Waals surface area contributed by atoms with Crippen molar-refractivity contribution >= 4 is 157 Å². The molecule has 2 aromatic rings. The van der Waals surface area contributed by atoms with Crippen LogP contribution in [0, 0.1) is 12.2 Å². The van der Waals surface area contributed by atoms with E-state index in [4.69, 9.17) is 14.8 Å². The van der Waals surface area contributed by atoms with Crippen molar-refractivity contribution < 1.29 is 144 Å². The molecule has 4 aliphatic heterocycles. The van der Waals surface area contributed by atoms with E-state index >= 15 is 0 Å². The summed E-state index contributed by atoms with van der Waals surface area (Å²) in [6.07, 6.45) is 26.1. The molecule has 0 fully saturated rings. The molecule has 0 aromatic heterocycles. The average Bonchev–Trinajstić information content (AvgIpc) is 1.44. The Hall–Kier alpha value is -7.10. The van der Waals surface area contributed by atoms with Crippen molar-refractivity contribution in [2.45, 2.75) is 219 Å². The van der Waals surface area contributed by atoms with Gasteiger partial charge in [0.2, 0.25) is 23.6 Å². The molecule has 2 aromatic carbocycles. The van der Waals surface area contributed by atoms with Crippen LogP contribution in [-0.4, -0.2) is 194 Å². The number of thioether (sulfide) groups is 4. The molecule has 616 valence electrons. The first-order valence-electron chi connectivity index (χ1n) is 37.0. The third-order valence-electron chi connectivity index (χ3n) is 18.3. The van der Waals surface area contributed by atoms with Gasteiger partial charge in [-0.2, -0.15) is 24.3 Å². The first kappa shape index (κ1) is 102. The maximum atomic E-state index is 13.2. The van der Waals surface area contributed by atoms with Gasteiger partial charge >= 0.3 is 8.32 Å². The first-order chi connectivity index (χ1) is 53.4. The molecule has 4 heterocycles. The number of hydrogen-bond acceptors (Lipinski definition) is 26. The maximum Gasteiger partial charge on any atom is 0.300 e. The van der Waals surface area contributed by atoms with Crippen molar-refractivity contribution in [1.82, 2.24) is 21.3 Å². The summed E-state index contributed by atoms with van der Waals surface area (Å²) in [4.78, 5) is 137. The molecule has 8 rings (SSSR count). The Kier molecular flexibility index (Phi) is 42.7. The number of aliphatic hydroxyl groups is 3. The summed E-state index contributed by atoms with van der Waals surface area (Å²) in [5.74, 6) is -0.128. The minimum atomic E-state index is -2.98. The molecule has 0 saturated heterocycles. The molecule has 0 spiro atoms. The summed E-state index contributed by atoms with van der Waals surface area (Å²) < 4.78 is 6.95. The molecule has 0 bridgehead atoms. The Balaban J connectivity index is 0.000000406. The normalized spacial score (nSPS) is 22.0. The number of oxime groups is 2. The molecule has 0 saturated carbocycles. The van der Waals surface area contributed by atoms with E-state index < -0.39 is 42.6 Å². The van der Waals surface area contributed by atoms with Crippen LogP contribution in [0.3, 0.4) is 0 Å². The van der Waals surface area contributed by atoms with E-state index in [1.807, 2.05) is 70.4 Å². The molecule has 0 unspecified atom stereocenters. The number of Topliss-reactive ketones (excluding diaryl/α,β-unsaturated/α-hetero) is 2. The third-order valence-corrected chi connectivity index (χ3v) is 28.7. The van der Waals surface area contributed by atoms with Crippen molar-refractivity contribution in [1.29, 1.82) is 0 Å². The van der Waals surface area contributed by atoms with E-state index in [-0.39, 0.29) is 159 Å². The van der Waals surface area contributed by atoms with Gasteiger partial charge in [0.1, 0.15) is 65.3 Å².